The van der Waals surface area contributed by atoms with Crippen LogP contribution < -0.4 is 10.5 Å². The molecule has 5 heteroatoms. The molecular formula is C23H24NO4+. The summed E-state index contributed by atoms with van der Waals surface area (Å²) in [6.45, 7) is 3.34. The molecule has 2 heterocycles. The van der Waals surface area contributed by atoms with Gasteiger partial charge in [0.1, 0.15) is 18.7 Å². The summed E-state index contributed by atoms with van der Waals surface area (Å²) in [7, 11) is 1.43. The van der Waals surface area contributed by atoms with Gasteiger partial charge in [0.25, 0.3) is 0 Å². The minimum Gasteiger partial charge on any atom is -0.465 e. The smallest absolute Gasteiger partial charge is 0.365 e. The Morgan fingerprint density at radius 2 is 1.96 bits per heavy atom. The van der Waals surface area contributed by atoms with E-state index in [1.807, 2.05) is 24.3 Å². The second-order valence-corrected chi connectivity index (χ2v) is 7.34. The molecule has 1 aliphatic heterocycles. The normalized spacial score (nSPS) is 18.6. The van der Waals surface area contributed by atoms with E-state index in [2.05, 4.69) is 25.1 Å². The molecular weight excluding hydrogens is 354 g/mol. The first-order valence-electron chi connectivity index (χ1n) is 9.64. The maximum absolute atomic E-state index is 12.5. The van der Waals surface area contributed by atoms with Gasteiger partial charge < -0.3 is 14.1 Å². The summed E-state index contributed by atoms with van der Waals surface area (Å²) < 4.78 is 10.5. The van der Waals surface area contributed by atoms with E-state index in [9.17, 15) is 9.59 Å². The number of ether oxygens (including phenoxy) is 1. The summed E-state index contributed by atoms with van der Waals surface area (Å²) in [6, 6.07) is 15.5. The SMILES string of the molecule is CCc1ccc2c(C[NH+]3Cc4ccccc4C[C@@H]3C(=O)OC)cc(=O)oc2c1. The van der Waals surface area contributed by atoms with Gasteiger partial charge in [0.15, 0.2) is 6.04 Å². The molecule has 28 heavy (non-hydrogen) atoms. The zero-order valence-electron chi connectivity index (χ0n) is 16.2. The van der Waals surface area contributed by atoms with Gasteiger partial charge in [-0.3, -0.25) is 0 Å². The topological polar surface area (TPSA) is 61.0 Å². The molecule has 0 saturated heterocycles. The second-order valence-electron chi connectivity index (χ2n) is 7.34. The fourth-order valence-corrected chi connectivity index (χ4v) is 4.12. The highest BCUT2D eigenvalue weighted by atomic mass is 16.5. The Labute approximate surface area is 163 Å². The van der Waals surface area contributed by atoms with Crippen molar-refractivity contribution in [1.29, 1.82) is 0 Å². The number of aryl methyl sites for hydroxylation is 1. The van der Waals surface area contributed by atoms with E-state index in [4.69, 9.17) is 9.15 Å². The summed E-state index contributed by atoms with van der Waals surface area (Å²) in [4.78, 5) is 25.7. The average Bonchev–Trinajstić information content (AvgIpc) is 2.72. The second kappa shape index (κ2) is 7.60. The zero-order chi connectivity index (χ0) is 19.7. The number of methoxy groups -OCH3 is 1. The van der Waals surface area contributed by atoms with Crippen LogP contribution in [0.3, 0.4) is 0 Å². The van der Waals surface area contributed by atoms with Crippen LogP contribution in [0, 0.1) is 0 Å². The average molecular weight is 378 g/mol. The van der Waals surface area contributed by atoms with E-state index < -0.39 is 0 Å². The molecule has 1 unspecified atom stereocenters. The lowest BCUT2D eigenvalue weighted by atomic mass is 9.93. The summed E-state index contributed by atoms with van der Waals surface area (Å²) in [6.07, 6.45) is 1.51. The molecule has 1 N–H and O–H groups in total. The molecule has 1 aromatic heterocycles. The summed E-state index contributed by atoms with van der Waals surface area (Å²) in [5.41, 5.74) is 4.69. The molecule has 3 aromatic rings. The van der Waals surface area contributed by atoms with Crippen molar-refractivity contribution < 1.29 is 18.8 Å². The van der Waals surface area contributed by atoms with Gasteiger partial charge in [-0.1, -0.05) is 43.3 Å². The number of hydrogen-bond acceptors (Lipinski definition) is 4. The van der Waals surface area contributed by atoms with Gasteiger partial charge in [-0.15, -0.1) is 0 Å². The predicted octanol–water partition coefficient (Wildman–Crippen LogP) is 2.04. The molecule has 4 rings (SSSR count). The molecule has 0 amide bonds. The predicted molar refractivity (Wildman–Crippen MR) is 106 cm³/mol. The first kappa shape index (κ1) is 18.4. The minimum atomic E-state index is -0.359. The molecule has 5 nitrogen and oxygen atoms in total. The number of rotatable bonds is 4. The third-order valence-corrected chi connectivity index (χ3v) is 5.66. The van der Waals surface area contributed by atoms with Crippen LogP contribution in [0.25, 0.3) is 11.0 Å². The molecule has 2 atom stereocenters. The Hall–Kier alpha value is -2.92. The Balaban J connectivity index is 1.74. The fraction of sp³-hybridized carbons (Fsp3) is 0.304. The molecule has 144 valence electrons. The lowest BCUT2D eigenvalue weighted by Crippen LogP contribution is -3.15. The molecule has 0 aliphatic carbocycles. The highest BCUT2D eigenvalue weighted by Gasteiger charge is 2.36. The summed E-state index contributed by atoms with van der Waals surface area (Å²) >= 11 is 0. The number of carbonyl (C=O) groups excluding carboxylic acids is 1. The van der Waals surface area contributed by atoms with Crippen molar-refractivity contribution in [3.8, 4) is 0 Å². The van der Waals surface area contributed by atoms with Gasteiger partial charge in [0.2, 0.25) is 0 Å². The number of fused-ring (bicyclic) bond motifs is 2. The van der Waals surface area contributed by atoms with E-state index in [1.165, 1.54) is 18.2 Å². The van der Waals surface area contributed by atoms with Crippen molar-refractivity contribution in [2.24, 2.45) is 0 Å². The van der Waals surface area contributed by atoms with Gasteiger partial charge in [0.05, 0.1) is 7.11 Å². The standard InChI is InChI=1S/C23H23NO4/c1-3-15-8-9-19-18(12-22(25)28-21(19)10-15)14-24-13-17-7-5-4-6-16(17)11-20(24)23(26)27-2/h4-10,12,20H,3,11,13-14H2,1-2H3/p+1/t20-/m1/s1. The van der Waals surface area contributed by atoms with Crippen LogP contribution in [-0.2, 0) is 35.5 Å². The number of nitrogens with one attached hydrogen (secondary N) is 1. The lowest BCUT2D eigenvalue weighted by Gasteiger charge is -2.32. The van der Waals surface area contributed by atoms with Crippen molar-refractivity contribution in [2.45, 2.75) is 38.9 Å². The number of quaternary nitrogens is 1. The lowest BCUT2D eigenvalue weighted by molar-refractivity contribution is -0.945. The van der Waals surface area contributed by atoms with E-state index >= 15 is 0 Å². The third-order valence-electron chi connectivity index (χ3n) is 5.66. The van der Waals surface area contributed by atoms with Crippen LogP contribution in [0.5, 0.6) is 0 Å². The Kier molecular flexibility index (Phi) is 5.01. The van der Waals surface area contributed by atoms with Crippen LogP contribution in [-0.4, -0.2) is 19.1 Å². The van der Waals surface area contributed by atoms with Crippen molar-refractivity contribution >= 4 is 16.9 Å². The van der Waals surface area contributed by atoms with E-state index in [0.717, 1.165) is 27.8 Å². The van der Waals surface area contributed by atoms with Crippen molar-refractivity contribution in [3.63, 3.8) is 0 Å². The number of esters is 1. The molecule has 0 spiro atoms. The first-order chi connectivity index (χ1) is 13.6. The Bertz CT molecular complexity index is 1090. The highest BCUT2D eigenvalue weighted by Crippen LogP contribution is 2.20. The quantitative estimate of drug-likeness (QED) is 0.558. The first-order valence-corrected chi connectivity index (χ1v) is 9.64. The molecule has 2 aromatic carbocycles. The van der Waals surface area contributed by atoms with Crippen molar-refractivity contribution in [3.05, 3.63) is 81.2 Å². The molecule has 0 fully saturated rings. The van der Waals surface area contributed by atoms with Gasteiger partial charge in [-0.25, -0.2) is 9.59 Å². The molecule has 0 bridgehead atoms. The third kappa shape index (κ3) is 3.45. The van der Waals surface area contributed by atoms with E-state index in [-0.39, 0.29) is 17.6 Å². The molecule has 0 saturated carbocycles. The summed E-state index contributed by atoms with van der Waals surface area (Å²) in [5.74, 6) is -0.218. The van der Waals surface area contributed by atoms with Crippen molar-refractivity contribution in [1.82, 2.24) is 0 Å². The van der Waals surface area contributed by atoms with Gasteiger partial charge >= 0.3 is 11.6 Å². The Morgan fingerprint density at radius 3 is 2.71 bits per heavy atom. The fourth-order valence-electron chi connectivity index (χ4n) is 4.12. The molecule has 0 radical (unpaired) electrons. The maximum Gasteiger partial charge on any atom is 0.365 e. The van der Waals surface area contributed by atoms with Gasteiger partial charge in [-0.05, 0) is 23.6 Å². The van der Waals surface area contributed by atoms with Gasteiger partial charge in [0, 0.05) is 29.0 Å². The van der Waals surface area contributed by atoms with Crippen LogP contribution in [0.4, 0.5) is 0 Å². The molecule has 1 aliphatic rings. The highest BCUT2D eigenvalue weighted by molar-refractivity contribution is 5.80. The monoisotopic (exact) mass is 378 g/mol. The zero-order valence-corrected chi connectivity index (χ0v) is 16.2. The van der Waals surface area contributed by atoms with Crippen LogP contribution in [0.2, 0.25) is 0 Å². The van der Waals surface area contributed by atoms with E-state index in [1.54, 1.807) is 6.07 Å². The maximum atomic E-state index is 12.5. The van der Waals surface area contributed by atoms with Crippen LogP contribution in [0.15, 0.2) is 57.7 Å². The number of carbonyl (C=O) groups is 1. The largest absolute Gasteiger partial charge is 0.465 e. The van der Waals surface area contributed by atoms with Gasteiger partial charge in [-0.2, -0.15) is 0 Å². The Morgan fingerprint density at radius 1 is 1.18 bits per heavy atom. The van der Waals surface area contributed by atoms with E-state index in [0.29, 0.717) is 25.1 Å². The number of benzene rings is 2. The summed E-state index contributed by atoms with van der Waals surface area (Å²) in [5, 5.41) is 0.923. The van der Waals surface area contributed by atoms with Crippen molar-refractivity contribution in [2.75, 3.05) is 7.11 Å². The number of hydrogen-bond donors (Lipinski definition) is 1. The van der Waals surface area contributed by atoms with Crippen LogP contribution in [0.1, 0.15) is 29.2 Å². The minimum absolute atomic E-state index is 0.218. The van der Waals surface area contributed by atoms with Crippen LogP contribution >= 0.6 is 0 Å².